The van der Waals surface area contributed by atoms with Crippen molar-refractivity contribution in [3.63, 3.8) is 0 Å². The third-order valence-corrected chi connectivity index (χ3v) is 5.79. The predicted molar refractivity (Wildman–Crippen MR) is 105 cm³/mol. The van der Waals surface area contributed by atoms with Crippen LogP contribution in [0.1, 0.15) is 28.5 Å². The number of hydrogen-bond acceptors (Lipinski definition) is 5. The molecule has 1 unspecified atom stereocenters. The standard InChI is InChI=1S/C19H14BrN3OS/c20-14-3-1-13(2-4-14)18(24)15-11-17(12-5-8-21-9-6-12)25-19(15)16-7-10-22-23-16/h1-6,8-11,18,24H,7H2. The van der Waals surface area contributed by atoms with E-state index >= 15 is 0 Å². The van der Waals surface area contributed by atoms with E-state index in [-0.39, 0.29) is 0 Å². The summed E-state index contributed by atoms with van der Waals surface area (Å²) in [5.74, 6) is 0. The van der Waals surface area contributed by atoms with Crippen molar-refractivity contribution in [3.05, 3.63) is 75.3 Å². The summed E-state index contributed by atoms with van der Waals surface area (Å²) in [5, 5.41) is 19.2. The molecule has 0 saturated heterocycles. The Morgan fingerprint density at radius 1 is 1.08 bits per heavy atom. The molecule has 2 aromatic heterocycles. The molecule has 3 aromatic rings. The van der Waals surface area contributed by atoms with Gasteiger partial charge < -0.3 is 5.11 Å². The van der Waals surface area contributed by atoms with Gasteiger partial charge in [0.1, 0.15) is 6.10 Å². The smallest absolute Gasteiger partial charge is 0.106 e. The minimum Gasteiger partial charge on any atom is -0.384 e. The lowest BCUT2D eigenvalue weighted by atomic mass is 9.99. The molecular formula is C19H14BrN3OS. The number of halogens is 1. The zero-order chi connectivity index (χ0) is 17.2. The van der Waals surface area contributed by atoms with Gasteiger partial charge in [0.15, 0.2) is 0 Å². The summed E-state index contributed by atoms with van der Waals surface area (Å²) < 4.78 is 0.986. The van der Waals surface area contributed by atoms with Crippen LogP contribution in [0.25, 0.3) is 10.4 Å². The maximum Gasteiger partial charge on any atom is 0.106 e. The molecule has 0 amide bonds. The van der Waals surface area contributed by atoms with Gasteiger partial charge in [0, 0.05) is 39.9 Å². The number of benzene rings is 1. The largest absolute Gasteiger partial charge is 0.384 e. The number of nitrogens with zero attached hydrogens (tertiary/aromatic N) is 3. The van der Waals surface area contributed by atoms with Crippen molar-refractivity contribution in [2.45, 2.75) is 12.5 Å². The van der Waals surface area contributed by atoms with Crippen LogP contribution in [0.4, 0.5) is 0 Å². The van der Waals surface area contributed by atoms with E-state index in [4.69, 9.17) is 0 Å². The van der Waals surface area contributed by atoms with Gasteiger partial charge in [0.05, 0.1) is 10.6 Å². The van der Waals surface area contributed by atoms with Crippen LogP contribution >= 0.6 is 27.3 Å². The van der Waals surface area contributed by atoms with Gasteiger partial charge >= 0.3 is 0 Å². The Kier molecular flexibility index (Phi) is 4.57. The Balaban J connectivity index is 1.79. The van der Waals surface area contributed by atoms with Crippen LogP contribution in [0, 0.1) is 0 Å². The minimum absolute atomic E-state index is 0.691. The van der Waals surface area contributed by atoms with E-state index < -0.39 is 6.10 Å². The predicted octanol–water partition coefficient (Wildman–Crippen LogP) is 4.83. The molecule has 1 atom stereocenters. The number of rotatable bonds is 4. The maximum atomic E-state index is 11.0. The fourth-order valence-corrected chi connectivity index (χ4v) is 4.19. The second-order valence-corrected chi connectivity index (χ2v) is 7.60. The molecule has 4 rings (SSSR count). The van der Waals surface area contributed by atoms with Gasteiger partial charge in [-0.3, -0.25) is 4.98 Å². The molecule has 6 heteroatoms. The van der Waals surface area contributed by atoms with Crippen molar-refractivity contribution in [2.24, 2.45) is 10.2 Å². The molecule has 0 bridgehead atoms. The normalized spacial score (nSPS) is 14.6. The molecule has 1 N–H and O–H groups in total. The first-order chi connectivity index (χ1) is 12.2. The summed E-state index contributed by atoms with van der Waals surface area (Å²) in [6.07, 6.45) is 5.32. The van der Waals surface area contributed by atoms with E-state index in [0.717, 1.165) is 36.6 Å². The molecule has 0 spiro atoms. The Morgan fingerprint density at radius 2 is 1.84 bits per heavy atom. The van der Waals surface area contributed by atoms with E-state index in [1.807, 2.05) is 42.5 Å². The van der Waals surface area contributed by atoms with Crippen LogP contribution in [-0.4, -0.2) is 22.0 Å². The van der Waals surface area contributed by atoms with Crippen molar-refractivity contribution in [3.8, 4) is 10.4 Å². The molecule has 0 fully saturated rings. The fourth-order valence-electron chi connectivity index (χ4n) is 2.73. The van der Waals surface area contributed by atoms with E-state index in [1.165, 1.54) is 0 Å². The number of aromatic nitrogens is 1. The molecule has 0 radical (unpaired) electrons. The van der Waals surface area contributed by atoms with Gasteiger partial charge in [0.2, 0.25) is 0 Å². The van der Waals surface area contributed by atoms with Crippen LogP contribution in [0.15, 0.2) is 69.5 Å². The quantitative estimate of drug-likeness (QED) is 0.667. The van der Waals surface area contributed by atoms with Gasteiger partial charge in [-0.2, -0.15) is 10.2 Å². The van der Waals surface area contributed by atoms with E-state index in [0.29, 0.717) is 6.42 Å². The zero-order valence-electron chi connectivity index (χ0n) is 13.1. The topological polar surface area (TPSA) is 57.8 Å². The Bertz CT molecular complexity index is 949. The first-order valence-electron chi connectivity index (χ1n) is 7.79. The highest BCUT2D eigenvalue weighted by atomic mass is 79.9. The fraction of sp³-hybridized carbons (Fsp3) is 0.105. The van der Waals surface area contributed by atoms with Crippen molar-refractivity contribution in [2.75, 3.05) is 0 Å². The van der Waals surface area contributed by atoms with Gasteiger partial charge in [-0.15, -0.1) is 11.3 Å². The highest BCUT2D eigenvalue weighted by molar-refractivity contribution is 9.10. The number of thiophene rings is 1. The third kappa shape index (κ3) is 3.33. The summed E-state index contributed by atoms with van der Waals surface area (Å²) in [5.41, 5.74) is 3.69. The molecule has 3 heterocycles. The summed E-state index contributed by atoms with van der Waals surface area (Å²) in [4.78, 5) is 6.14. The molecule has 1 aliphatic rings. The summed E-state index contributed by atoms with van der Waals surface area (Å²) in [6, 6.07) is 13.7. The van der Waals surface area contributed by atoms with Crippen LogP contribution in [0.2, 0.25) is 0 Å². The van der Waals surface area contributed by atoms with Crippen LogP contribution < -0.4 is 0 Å². The molecular weight excluding hydrogens is 398 g/mol. The maximum absolute atomic E-state index is 11.0. The molecule has 1 aromatic carbocycles. The SMILES string of the molecule is OC(c1ccc(Br)cc1)c1cc(-c2ccncc2)sc1C1=NN=CC1. The Morgan fingerprint density at radius 3 is 2.52 bits per heavy atom. The number of aliphatic hydroxyl groups excluding tert-OH is 1. The van der Waals surface area contributed by atoms with E-state index in [9.17, 15) is 5.11 Å². The molecule has 0 aliphatic carbocycles. The molecule has 124 valence electrons. The summed E-state index contributed by atoms with van der Waals surface area (Å²) in [7, 11) is 0. The highest BCUT2D eigenvalue weighted by Crippen LogP contribution is 2.38. The lowest BCUT2D eigenvalue weighted by Gasteiger charge is -2.12. The zero-order valence-corrected chi connectivity index (χ0v) is 15.5. The lowest BCUT2D eigenvalue weighted by molar-refractivity contribution is 0.220. The Labute approximate surface area is 157 Å². The summed E-state index contributed by atoms with van der Waals surface area (Å²) >= 11 is 5.06. The highest BCUT2D eigenvalue weighted by Gasteiger charge is 2.23. The second kappa shape index (κ2) is 7.00. The summed E-state index contributed by atoms with van der Waals surface area (Å²) in [6.45, 7) is 0. The average Bonchev–Trinajstić information content (AvgIpc) is 3.32. The van der Waals surface area contributed by atoms with Crippen LogP contribution in [0.5, 0.6) is 0 Å². The van der Waals surface area contributed by atoms with Gasteiger partial charge in [-0.25, -0.2) is 0 Å². The average molecular weight is 412 g/mol. The number of aliphatic hydroxyl groups is 1. The van der Waals surface area contributed by atoms with Crippen molar-refractivity contribution in [1.82, 2.24) is 4.98 Å². The van der Waals surface area contributed by atoms with Crippen molar-refractivity contribution < 1.29 is 5.11 Å². The van der Waals surface area contributed by atoms with Gasteiger partial charge in [0.25, 0.3) is 0 Å². The Hall–Kier alpha value is -2.15. The minimum atomic E-state index is -0.710. The molecule has 0 saturated carbocycles. The van der Waals surface area contributed by atoms with E-state index in [2.05, 4.69) is 31.1 Å². The second-order valence-electron chi connectivity index (χ2n) is 5.63. The van der Waals surface area contributed by atoms with E-state index in [1.54, 1.807) is 29.9 Å². The first kappa shape index (κ1) is 16.3. The monoisotopic (exact) mass is 411 g/mol. The van der Waals surface area contributed by atoms with Crippen molar-refractivity contribution >= 4 is 39.2 Å². The molecule has 4 nitrogen and oxygen atoms in total. The van der Waals surface area contributed by atoms with Crippen molar-refractivity contribution in [1.29, 1.82) is 0 Å². The number of pyridine rings is 1. The molecule has 25 heavy (non-hydrogen) atoms. The molecule has 1 aliphatic heterocycles. The number of hydrogen-bond donors (Lipinski definition) is 1. The first-order valence-corrected chi connectivity index (χ1v) is 9.40. The van der Waals surface area contributed by atoms with Crippen LogP contribution in [-0.2, 0) is 0 Å². The van der Waals surface area contributed by atoms with Crippen LogP contribution in [0.3, 0.4) is 0 Å². The lowest BCUT2D eigenvalue weighted by Crippen LogP contribution is -2.05. The van der Waals surface area contributed by atoms with Gasteiger partial charge in [-0.1, -0.05) is 28.1 Å². The third-order valence-electron chi connectivity index (χ3n) is 4.01. The van der Waals surface area contributed by atoms with Gasteiger partial charge in [-0.05, 0) is 41.5 Å².